The van der Waals surface area contributed by atoms with Crippen LogP contribution in [-0.2, 0) is 0 Å². The summed E-state index contributed by atoms with van der Waals surface area (Å²) < 4.78 is 28.4. The van der Waals surface area contributed by atoms with Crippen molar-refractivity contribution >= 4 is 0 Å². The third-order valence-corrected chi connectivity index (χ3v) is 3.72. The minimum absolute atomic E-state index is 0.100. The Labute approximate surface area is 125 Å². The summed E-state index contributed by atoms with van der Waals surface area (Å²) >= 11 is 0. The molecule has 0 heterocycles. The molecule has 2 aromatic rings. The van der Waals surface area contributed by atoms with Gasteiger partial charge in [0.05, 0.1) is 6.04 Å². The summed E-state index contributed by atoms with van der Waals surface area (Å²) in [6.45, 7) is 6.68. The van der Waals surface area contributed by atoms with Crippen LogP contribution in [0.3, 0.4) is 0 Å². The van der Waals surface area contributed by atoms with Crippen molar-refractivity contribution in [3.05, 3.63) is 70.3 Å². The lowest BCUT2D eigenvalue weighted by Crippen LogP contribution is -2.26. The lowest BCUT2D eigenvalue weighted by molar-refractivity contribution is 0.501. The molecule has 0 fully saturated rings. The predicted molar refractivity (Wildman–Crippen MR) is 82.4 cm³/mol. The van der Waals surface area contributed by atoms with E-state index in [1.165, 1.54) is 18.2 Å². The van der Waals surface area contributed by atoms with Gasteiger partial charge in [0, 0.05) is 5.56 Å². The molecular weight excluding hydrogens is 268 g/mol. The molecule has 0 aliphatic rings. The number of halogens is 2. The Balaban J connectivity index is 2.59. The summed E-state index contributed by atoms with van der Waals surface area (Å²) in [5, 5.41) is 3.29. The van der Waals surface area contributed by atoms with Gasteiger partial charge in [-0.1, -0.05) is 31.2 Å². The minimum atomic E-state index is -0.508. The van der Waals surface area contributed by atoms with Crippen molar-refractivity contribution in [2.24, 2.45) is 0 Å². The number of aryl methyl sites for hydroxylation is 2. The second-order valence-corrected chi connectivity index (χ2v) is 5.33. The van der Waals surface area contributed by atoms with Crippen molar-refractivity contribution in [2.45, 2.75) is 33.2 Å². The van der Waals surface area contributed by atoms with Gasteiger partial charge >= 0.3 is 0 Å². The number of hydrogen-bond donors (Lipinski definition) is 1. The summed E-state index contributed by atoms with van der Waals surface area (Å²) in [6, 6.07) is 9.47. The van der Waals surface area contributed by atoms with E-state index in [2.05, 4.69) is 5.32 Å². The van der Waals surface area contributed by atoms with Gasteiger partial charge < -0.3 is 5.32 Å². The zero-order valence-corrected chi connectivity index (χ0v) is 12.7. The Kier molecular flexibility index (Phi) is 5.07. The van der Waals surface area contributed by atoms with Gasteiger partial charge in [-0.15, -0.1) is 0 Å². The van der Waals surface area contributed by atoms with E-state index < -0.39 is 17.7 Å². The average molecular weight is 289 g/mol. The summed E-state index contributed by atoms with van der Waals surface area (Å²) in [5.41, 5.74) is 3.12. The second kappa shape index (κ2) is 6.81. The molecule has 0 spiro atoms. The number of benzene rings is 2. The van der Waals surface area contributed by atoms with Gasteiger partial charge in [0.1, 0.15) is 11.6 Å². The van der Waals surface area contributed by atoms with Gasteiger partial charge in [-0.2, -0.15) is 0 Å². The van der Waals surface area contributed by atoms with Gasteiger partial charge in [0.25, 0.3) is 0 Å². The first kappa shape index (κ1) is 15.6. The molecule has 2 rings (SSSR count). The van der Waals surface area contributed by atoms with E-state index in [0.717, 1.165) is 23.1 Å². The van der Waals surface area contributed by atoms with Crippen LogP contribution in [0.1, 0.15) is 41.6 Å². The number of nitrogens with one attached hydrogen (secondary N) is 1. The van der Waals surface area contributed by atoms with E-state index in [1.807, 2.05) is 39.0 Å². The molecule has 112 valence electrons. The molecule has 0 aromatic heterocycles. The molecule has 0 bridgehead atoms. The van der Waals surface area contributed by atoms with Crippen molar-refractivity contribution in [1.29, 1.82) is 0 Å². The summed E-state index contributed by atoms with van der Waals surface area (Å²) in [5.74, 6) is -1.02. The maximum absolute atomic E-state index is 14.2. The topological polar surface area (TPSA) is 12.0 Å². The fourth-order valence-corrected chi connectivity index (χ4v) is 2.71. The normalized spacial score (nSPS) is 12.4. The first-order chi connectivity index (χ1) is 10.1. The first-order valence-electron chi connectivity index (χ1n) is 7.29. The summed E-state index contributed by atoms with van der Waals surface area (Å²) in [4.78, 5) is 0. The van der Waals surface area contributed by atoms with Gasteiger partial charge in [-0.25, -0.2) is 8.78 Å². The van der Waals surface area contributed by atoms with E-state index in [4.69, 9.17) is 0 Å². The van der Waals surface area contributed by atoms with Crippen molar-refractivity contribution in [3.63, 3.8) is 0 Å². The molecular formula is C18H21F2N. The Morgan fingerprint density at radius 2 is 1.43 bits per heavy atom. The molecule has 2 aromatic carbocycles. The monoisotopic (exact) mass is 289 g/mol. The van der Waals surface area contributed by atoms with Crippen molar-refractivity contribution in [1.82, 2.24) is 5.32 Å². The third-order valence-electron chi connectivity index (χ3n) is 3.72. The van der Waals surface area contributed by atoms with Crippen LogP contribution >= 0.6 is 0 Å². The quantitative estimate of drug-likeness (QED) is 0.843. The van der Waals surface area contributed by atoms with Crippen LogP contribution in [0.5, 0.6) is 0 Å². The molecule has 0 aliphatic carbocycles. The van der Waals surface area contributed by atoms with E-state index in [9.17, 15) is 8.78 Å². The van der Waals surface area contributed by atoms with Gasteiger partial charge in [-0.05, 0) is 55.6 Å². The van der Waals surface area contributed by atoms with Crippen LogP contribution in [0.15, 0.2) is 36.4 Å². The van der Waals surface area contributed by atoms with Crippen LogP contribution in [-0.4, -0.2) is 6.54 Å². The zero-order valence-electron chi connectivity index (χ0n) is 12.7. The molecule has 0 aliphatic heterocycles. The van der Waals surface area contributed by atoms with Crippen molar-refractivity contribution < 1.29 is 8.78 Å². The maximum Gasteiger partial charge on any atom is 0.131 e. The molecule has 0 radical (unpaired) electrons. The molecule has 1 N–H and O–H groups in total. The second-order valence-electron chi connectivity index (χ2n) is 5.33. The largest absolute Gasteiger partial charge is 0.306 e. The Morgan fingerprint density at radius 1 is 0.905 bits per heavy atom. The van der Waals surface area contributed by atoms with E-state index in [-0.39, 0.29) is 5.56 Å². The fraction of sp³-hybridized carbons (Fsp3) is 0.333. The Bertz CT molecular complexity index is 531. The zero-order chi connectivity index (χ0) is 15.4. The molecule has 1 nitrogen and oxygen atoms in total. The van der Waals surface area contributed by atoms with Crippen LogP contribution in [0, 0.1) is 25.5 Å². The van der Waals surface area contributed by atoms with Crippen LogP contribution in [0.4, 0.5) is 8.78 Å². The number of hydrogen-bond acceptors (Lipinski definition) is 1. The van der Waals surface area contributed by atoms with E-state index >= 15 is 0 Å². The average Bonchev–Trinajstić information content (AvgIpc) is 2.43. The molecule has 21 heavy (non-hydrogen) atoms. The van der Waals surface area contributed by atoms with E-state index in [0.29, 0.717) is 6.54 Å². The van der Waals surface area contributed by atoms with Crippen molar-refractivity contribution in [2.75, 3.05) is 6.54 Å². The lowest BCUT2D eigenvalue weighted by atomic mass is 9.90. The molecule has 0 saturated carbocycles. The summed E-state index contributed by atoms with van der Waals surface area (Å²) in [7, 11) is 0. The van der Waals surface area contributed by atoms with Gasteiger partial charge in [-0.3, -0.25) is 0 Å². The predicted octanol–water partition coefficient (Wildman–Crippen LogP) is 4.67. The highest BCUT2D eigenvalue weighted by atomic mass is 19.1. The van der Waals surface area contributed by atoms with Gasteiger partial charge in [0.15, 0.2) is 0 Å². The van der Waals surface area contributed by atoms with Crippen molar-refractivity contribution in [3.8, 4) is 0 Å². The highest BCUT2D eigenvalue weighted by Crippen LogP contribution is 2.31. The molecule has 0 saturated heterocycles. The lowest BCUT2D eigenvalue weighted by Gasteiger charge is -2.24. The van der Waals surface area contributed by atoms with Crippen LogP contribution < -0.4 is 5.32 Å². The third kappa shape index (κ3) is 3.30. The van der Waals surface area contributed by atoms with E-state index in [1.54, 1.807) is 0 Å². The Hall–Kier alpha value is -1.74. The molecule has 1 atom stereocenters. The summed E-state index contributed by atoms with van der Waals surface area (Å²) in [6.07, 6.45) is 0.900. The standard InChI is InChI=1S/C18H21F2N/c1-4-11-21-18(16-12(2)7-5-8-13(16)3)17-14(19)9-6-10-15(17)20/h5-10,18,21H,4,11H2,1-3H3. The highest BCUT2D eigenvalue weighted by Gasteiger charge is 2.23. The Morgan fingerprint density at radius 3 is 1.95 bits per heavy atom. The van der Waals surface area contributed by atoms with Gasteiger partial charge in [0.2, 0.25) is 0 Å². The SMILES string of the molecule is CCCNC(c1c(C)cccc1C)c1c(F)cccc1F. The maximum atomic E-state index is 14.2. The van der Waals surface area contributed by atoms with Crippen LogP contribution in [0.2, 0.25) is 0 Å². The molecule has 0 amide bonds. The molecule has 3 heteroatoms. The smallest absolute Gasteiger partial charge is 0.131 e. The number of rotatable bonds is 5. The fourth-order valence-electron chi connectivity index (χ4n) is 2.71. The first-order valence-corrected chi connectivity index (χ1v) is 7.29. The van der Waals surface area contributed by atoms with Crippen LogP contribution in [0.25, 0.3) is 0 Å². The molecule has 1 unspecified atom stereocenters. The highest BCUT2D eigenvalue weighted by molar-refractivity contribution is 5.42. The minimum Gasteiger partial charge on any atom is -0.306 e.